The highest BCUT2D eigenvalue weighted by atomic mass is 16.5. The number of carbonyl (C=O) groups is 2. The van der Waals surface area contributed by atoms with Gasteiger partial charge in [0.15, 0.2) is 0 Å². The molecule has 0 aliphatic heterocycles. The Bertz CT molecular complexity index is 746. The van der Waals surface area contributed by atoms with Crippen LogP contribution in [0.4, 0.5) is 0 Å². The third-order valence-corrected chi connectivity index (χ3v) is 11.2. The lowest BCUT2D eigenvalue weighted by Crippen LogP contribution is -2.45. The average molecular weight is 752 g/mol. The lowest BCUT2D eigenvalue weighted by Gasteiger charge is -2.22. The van der Waals surface area contributed by atoms with Gasteiger partial charge in [-0.05, 0) is 25.7 Å². The van der Waals surface area contributed by atoms with Crippen LogP contribution in [0.2, 0.25) is 0 Å². The Hall–Kier alpha value is -1.14. The van der Waals surface area contributed by atoms with Gasteiger partial charge in [-0.2, -0.15) is 0 Å². The van der Waals surface area contributed by atoms with E-state index in [1.165, 1.54) is 173 Å². The van der Waals surface area contributed by atoms with E-state index in [0.717, 1.165) is 57.8 Å². The number of hydrogen-bond acceptors (Lipinski definition) is 5. The van der Waals surface area contributed by atoms with E-state index in [-0.39, 0.29) is 18.5 Å². The minimum absolute atomic E-state index is 0.0187. The Labute approximate surface area is 330 Å². The summed E-state index contributed by atoms with van der Waals surface area (Å²) in [4.78, 5) is 24.4. The van der Waals surface area contributed by atoms with Crippen molar-refractivity contribution in [2.24, 2.45) is 0 Å². The minimum Gasteiger partial charge on any atom is -0.466 e. The SMILES string of the molecule is CCCCCCCCCCCCCCCCCC(O)C(CO)NC(=O)CCCCCCCCCCCCOC(=O)CCCCCCCCCCCCC. The number of ether oxygens (including phenoxy) is 1. The average Bonchev–Trinajstić information content (AvgIpc) is 3.16. The summed E-state index contributed by atoms with van der Waals surface area (Å²) in [5.74, 6) is -0.0749. The highest BCUT2D eigenvalue weighted by molar-refractivity contribution is 5.76. The number of amides is 1. The fourth-order valence-corrected chi connectivity index (χ4v) is 7.46. The summed E-state index contributed by atoms with van der Waals surface area (Å²) in [5, 5.41) is 23.2. The molecule has 6 heteroatoms. The molecule has 0 aliphatic carbocycles. The zero-order valence-electron chi connectivity index (χ0n) is 35.8. The highest BCUT2D eigenvalue weighted by Crippen LogP contribution is 2.16. The second kappa shape index (κ2) is 43.6. The zero-order valence-corrected chi connectivity index (χ0v) is 35.8. The number of aliphatic hydroxyl groups excluding tert-OH is 2. The summed E-state index contributed by atoms with van der Waals surface area (Å²) in [6, 6.07) is -0.555. The monoisotopic (exact) mass is 752 g/mol. The van der Waals surface area contributed by atoms with Crippen molar-refractivity contribution < 1.29 is 24.5 Å². The van der Waals surface area contributed by atoms with Crippen LogP contribution in [0.15, 0.2) is 0 Å². The molecule has 0 rings (SSSR count). The molecule has 0 fully saturated rings. The van der Waals surface area contributed by atoms with E-state index in [4.69, 9.17) is 4.74 Å². The zero-order chi connectivity index (χ0) is 38.7. The van der Waals surface area contributed by atoms with Crippen molar-refractivity contribution in [2.75, 3.05) is 13.2 Å². The maximum absolute atomic E-state index is 12.4. The molecule has 53 heavy (non-hydrogen) atoms. The second-order valence-corrected chi connectivity index (χ2v) is 16.5. The second-order valence-electron chi connectivity index (χ2n) is 16.5. The molecule has 2 unspecified atom stereocenters. The third-order valence-electron chi connectivity index (χ3n) is 11.2. The number of aliphatic hydroxyl groups is 2. The van der Waals surface area contributed by atoms with Crippen LogP contribution in [-0.2, 0) is 14.3 Å². The first-order valence-electron chi connectivity index (χ1n) is 23.8. The molecule has 0 spiro atoms. The molecule has 0 aliphatic rings. The van der Waals surface area contributed by atoms with Gasteiger partial charge >= 0.3 is 5.97 Å². The fraction of sp³-hybridized carbons (Fsp3) is 0.957. The van der Waals surface area contributed by atoms with Crippen molar-refractivity contribution in [3.8, 4) is 0 Å². The number of rotatable bonds is 44. The molecule has 0 bridgehead atoms. The van der Waals surface area contributed by atoms with Crippen molar-refractivity contribution in [2.45, 2.75) is 276 Å². The van der Waals surface area contributed by atoms with Gasteiger partial charge in [0.1, 0.15) is 0 Å². The lowest BCUT2D eigenvalue weighted by atomic mass is 10.0. The molecule has 316 valence electrons. The van der Waals surface area contributed by atoms with E-state index >= 15 is 0 Å². The first-order chi connectivity index (χ1) is 26.0. The van der Waals surface area contributed by atoms with Crippen LogP contribution < -0.4 is 5.32 Å². The van der Waals surface area contributed by atoms with E-state index in [2.05, 4.69) is 19.2 Å². The summed E-state index contributed by atoms with van der Waals surface area (Å²) in [7, 11) is 0. The van der Waals surface area contributed by atoms with Gasteiger partial charge in [-0.1, -0.05) is 226 Å². The van der Waals surface area contributed by atoms with Crippen LogP contribution in [0.25, 0.3) is 0 Å². The Morgan fingerprint density at radius 3 is 1.15 bits per heavy atom. The van der Waals surface area contributed by atoms with Gasteiger partial charge in [-0.3, -0.25) is 9.59 Å². The number of unbranched alkanes of at least 4 members (excludes halogenated alkanes) is 33. The predicted molar refractivity (Wildman–Crippen MR) is 227 cm³/mol. The Morgan fingerprint density at radius 2 is 0.774 bits per heavy atom. The topological polar surface area (TPSA) is 95.9 Å². The normalized spacial score (nSPS) is 12.6. The van der Waals surface area contributed by atoms with E-state index < -0.39 is 12.1 Å². The quantitative estimate of drug-likeness (QED) is 0.0425. The van der Waals surface area contributed by atoms with Crippen molar-refractivity contribution in [1.29, 1.82) is 0 Å². The molecule has 3 N–H and O–H groups in total. The predicted octanol–water partition coefficient (Wildman–Crippen LogP) is 13.6. The fourth-order valence-electron chi connectivity index (χ4n) is 7.46. The summed E-state index contributed by atoms with van der Waals surface area (Å²) in [5.41, 5.74) is 0. The van der Waals surface area contributed by atoms with Crippen molar-refractivity contribution in [3.63, 3.8) is 0 Å². The van der Waals surface area contributed by atoms with Gasteiger partial charge in [-0.25, -0.2) is 0 Å². The molecule has 0 radical (unpaired) electrons. The van der Waals surface area contributed by atoms with Crippen LogP contribution in [0, 0.1) is 0 Å². The standard InChI is InChI=1S/C47H93NO5/c1-3-5-7-9-11-13-15-16-17-18-20-23-27-31-35-39-45(50)44(43-49)48-46(51)40-36-32-28-24-21-22-26-30-34-38-42-53-47(52)41-37-33-29-25-19-14-12-10-8-6-4-2/h44-45,49-50H,3-43H2,1-2H3,(H,48,51). The van der Waals surface area contributed by atoms with E-state index in [0.29, 0.717) is 25.9 Å². The Balaban J connectivity index is 3.48. The van der Waals surface area contributed by atoms with Crippen LogP contribution in [0.5, 0.6) is 0 Å². The summed E-state index contributed by atoms with van der Waals surface area (Å²) < 4.78 is 5.43. The van der Waals surface area contributed by atoms with Crippen LogP contribution in [0.3, 0.4) is 0 Å². The lowest BCUT2D eigenvalue weighted by molar-refractivity contribution is -0.143. The smallest absolute Gasteiger partial charge is 0.305 e. The maximum Gasteiger partial charge on any atom is 0.305 e. The van der Waals surface area contributed by atoms with Crippen molar-refractivity contribution >= 4 is 11.9 Å². The highest BCUT2D eigenvalue weighted by Gasteiger charge is 2.20. The van der Waals surface area contributed by atoms with Crippen LogP contribution in [0.1, 0.15) is 264 Å². The molecule has 0 aromatic heterocycles. The van der Waals surface area contributed by atoms with Gasteiger partial charge in [0.2, 0.25) is 5.91 Å². The van der Waals surface area contributed by atoms with E-state index in [9.17, 15) is 19.8 Å². The van der Waals surface area contributed by atoms with Crippen molar-refractivity contribution in [1.82, 2.24) is 5.32 Å². The molecule has 0 aromatic rings. The maximum atomic E-state index is 12.4. The van der Waals surface area contributed by atoms with Gasteiger partial charge < -0.3 is 20.3 Å². The number of nitrogens with one attached hydrogen (secondary N) is 1. The van der Waals surface area contributed by atoms with Gasteiger partial charge in [0, 0.05) is 12.8 Å². The van der Waals surface area contributed by atoms with E-state index in [1.807, 2.05) is 0 Å². The molecule has 0 aromatic carbocycles. The minimum atomic E-state index is -0.676. The molecule has 0 heterocycles. The van der Waals surface area contributed by atoms with Crippen LogP contribution in [-0.4, -0.2) is 47.4 Å². The first kappa shape index (κ1) is 51.9. The third kappa shape index (κ3) is 40.3. The largest absolute Gasteiger partial charge is 0.466 e. The molecule has 1 amide bonds. The van der Waals surface area contributed by atoms with Gasteiger partial charge in [0.25, 0.3) is 0 Å². The summed E-state index contributed by atoms with van der Waals surface area (Å²) in [6.45, 7) is 4.90. The van der Waals surface area contributed by atoms with Crippen LogP contribution >= 0.6 is 0 Å². The molecule has 0 saturated heterocycles. The Morgan fingerprint density at radius 1 is 0.453 bits per heavy atom. The number of carbonyl (C=O) groups excluding carboxylic acids is 2. The van der Waals surface area contributed by atoms with E-state index in [1.54, 1.807) is 0 Å². The first-order valence-corrected chi connectivity index (χ1v) is 23.8. The molecular formula is C47H93NO5. The molecule has 0 saturated carbocycles. The number of hydrogen-bond donors (Lipinski definition) is 3. The van der Waals surface area contributed by atoms with Gasteiger partial charge in [-0.15, -0.1) is 0 Å². The number of esters is 1. The summed E-state index contributed by atoms with van der Waals surface area (Å²) >= 11 is 0. The summed E-state index contributed by atoms with van der Waals surface area (Å²) in [6.07, 6.45) is 46.2. The molecule has 6 nitrogen and oxygen atoms in total. The van der Waals surface area contributed by atoms with Gasteiger partial charge in [0.05, 0.1) is 25.4 Å². The Kier molecular flexibility index (Phi) is 42.6. The molecular weight excluding hydrogens is 659 g/mol. The van der Waals surface area contributed by atoms with Crippen molar-refractivity contribution in [3.05, 3.63) is 0 Å². The molecule has 2 atom stereocenters.